The molecule has 0 aliphatic rings. The third-order valence-corrected chi connectivity index (χ3v) is 2.45. The van der Waals surface area contributed by atoms with Gasteiger partial charge in [-0.05, 0) is 7.05 Å². The fourth-order valence-corrected chi connectivity index (χ4v) is 1.22. The molecular formula is C10H23N3O2. The molecule has 0 heterocycles. The highest BCUT2D eigenvalue weighted by Crippen LogP contribution is 2.02. The van der Waals surface area contributed by atoms with Gasteiger partial charge in [0.25, 0.3) is 0 Å². The van der Waals surface area contributed by atoms with E-state index in [4.69, 9.17) is 10.5 Å². The van der Waals surface area contributed by atoms with E-state index in [2.05, 4.69) is 4.90 Å². The zero-order valence-electron chi connectivity index (χ0n) is 10.2. The second kappa shape index (κ2) is 7.62. The predicted molar refractivity (Wildman–Crippen MR) is 60.7 cm³/mol. The Balaban J connectivity index is 4.05. The Morgan fingerprint density at radius 1 is 1.40 bits per heavy atom. The molecule has 0 aromatic heterocycles. The smallest absolute Gasteiger partial charge is 0.223 e. The molecule has 2 N–H and O–H groups in total. The highest BCUT2D eigenvalue weighted by Gasteiger charge is 2.17. The molecule has 0 saturated carbocycles. The molecule has 0 saturated heterocycles. The van der Waals surface area contributed by atoms with Crippen molar-refractivity contribution in [1.29, 1.82) is 0 Å². The molecule has 0 aromatic rings. The number of ether oxygens (including phenoxy) is 1. The molecule has 1 amide bonds. The van der Waals surface area contributed by atoms with Crippen molar-refractivity contribution in [3.05, 3.63) is 0 Å². The van der Waals surface area contributed by atoms with Crippen LogP contribution in [-0.2, 0) is 9.53 Å². The van der Waals surface area contributed by atoms with Crippen molar-refractivity contribution in [1.82, 2.24) is 9.80 Å². The molecule has 0 spiro atoms. The number of rotatable bonds is 7. The van der Waals surface area contributed by atoms with Crippen LogP contribution in [0.5, 0.6) is 0 Å². The van der Waals surface area contributed by atoms with Gasteiger partial charge in [0.1, 0.15) is 0 Å². The normalized spacial score (nSPS) is 12.9. The topological polar surface area (TPSA) is 58.8 Å². The summed E-state index contributed by atoms with van der Waals surface area (Å²) in [6, 6.07) is 0.0926. The zero-order chi connectivity index (χ0) is 11.8. The highest BCUT2D eigenvalue weighted by atomic mass is 16.5. The van der Waals surface area contributed by atoms with Crippen LogP contribution < -0.4 is 5.73 Å². The Kier molecular flexibility index (Phi) is 7.29. The van der Waals surface area contributed by atoms with E-state index in [0.29, 0.717) is 19.6 Å². The summed E-state index contributed by atoms with van der Waals surface area (Å²) in [5, 5.41) is 0. The van der Waals surface area contributed by atoms with Crippen molar-refractivity contribution in [3.63, 3.8) is 0 Å². The standard InChI is InChI=1S/C10H23N3O2/c1-12(2)10(14)7-9(8-11)13(3)5-6-15-4/h9H,5-8,11H2,1-4H3. The third kappa shape index (κ3) is 5.71. The van der Waals surface area contributed by atoms with E-state index in [9.17, 15) is 4.79 Å². The van der Waals surface area contributed by atoms with Gasteiger partial charge >= 0.3 is 0 Å². The van der Waals surface area contributed by atoms with Crippen LogP contribution in [0.15, 0.2) is 0 Å². The van der Waals surface area contributed by atoms with Gasteiger partial charge in [-0.1, -0.05) is 0 Å². The van der Waals surface area contributed by atoms with E-state index in [0.717, 1.165) is 6.54 Å². The summed E-state index contributed by atoms with van der Waals surface area (Å²) >= 11 is 0. The first kappa shape index (κ1) is 14.3. The quantitative estimate of drug-likeness (QED) is 0.617. The fraction of sp³-hybridized carbons (Fsp3) is 0.900. The summed E-state index contributed by atoms with van der Waals surface area (Å²) < 4.78 is 4.98. The molecule has 0 fully saturated rings. The number of hydrogen-bond donors (Lipinski definition) is 1. The number of carbonyl (C=O) groups is 1. The molecule has 1 unspecified atom stereocenters. The van der Waals surface area contributed by atoms with E-state index in [1.54, 1.807) is 26.1 Å². The van der Waals surface area contributed by atoms with Gasteiger partial charge in [0.15, 0.2) is 0 Å². The van der Waals surface area contributed by atoms with Crippen LogP contribution in [0, 0.1) is 0 Å². The molecule has 5 nitrogen and oxygen atoms in total. The Labute approximate surface area is 92.2 Å². The molecule has 0 bridgehead atoms. The van der Waals surface area contributed by atoms with E-state index in [-0.39, 0.29) is 11.9 Å². The minimum Gasteiger partial charge on any atom is -0.383 e. The first-order chi connectivity index (χ1) is 7.02. The molecule has 0 aromatic carbocycles. The maximum atomic E-state index is 11.5. The SMILES string of the molecule is COCCN(C)C(CN)CC(=O)N(C)C. The number of hydrogen-bond acceptors (Lipinski definition) is 4. The Hall–Kier alpha value is -0.650. The lowest BCUT2D eigenvalue weighted by Gasteiger charge is -2.27. The maximum Gasteiger partial charge on any atom is 0.223 e. The summed E-state index contributed by atoms with van der Waals surface area (Å²) in [5.74, 6) is 0.106. The molecule has 1 atom stereocenters. The number of nitrogens with two attached hydrogens (primary N) is 1. The van der Waals surface area contributed by atoms with Crippen molar-refractivity contribution in [3.8, 4) is 0 Å². The van der Waals surface area contributed by atoms with Gasteiger partial charge in [-0.15, -0.1) is 0 Å². The summed E-state index contributed by atoms with van der Waals surface area (Å²) in [6.07, 6.45) is 0.462. The van der Waals surface area contributed by atoms with Crippen LogP contribution >= 0.6 is 0 Å². The molecule has 0 rings (SSSR count). The molecule has 90 valence electrons. The van der Waals surface area contributed by atoms with Gasteiger partial charge in [-0.3, -0.25) is 9.69 Å². The molecule has 0 radical (unpaired) electrons. The van der Waals surface area contributed by atoms with Gasteiger partial charge in [0.05, 0.1) is 6.61 Å². The Morgan fingerprint density at radius 3 is 2.40 bits per heavy atom. The summed E-state index contributed by atoms with van der Waals surface area (Å²) in [7, 11) is 7.13. The van der Waals surface area contributed by atoms with Gasteiger partial charge in [0.2, 0.25) is 5.91 Å². The number of nitrogens with zero attached hydrogens (tertiary/aromatic N) is 2. The predicted octanol–water partition coefficient (Wildman–Crippen LogP) is -0.630. The van der Waals surface area contributed by atoms with Crippen molar-refractivity contribution in [2.45, 2.75) is 12.5 Å². The first-order valence-electron chi connectivity index (χ1n) is 5.12. The van der Waals surface area contributed by atoms with Gasteiger partial charge in [0, 0.05) is 46.8 Å². The van der Waals surface area contributed by atoms with Crippen LogP contribution in [0.3, 0.4) is 0 Å². The first-order valence-corrected chi connectivity index (χ1v) is 5.12. The average Bonchev–Trinajstić information content (AvgIpc) is 2.21. The molecule has 0 aliphatic heterocycles. The summed E-state index contributed by atoms with van der Waals surface area (Å²) in [5.41, 5.74) is 5.64. The van der Waals surface area contributed by atoms with Gasteiger partial charge in [-0.25, -0.2) is 0 Å². The van der Waals surface area contributed by atoms with Crippen LogP contribution in [0.25, 0.3) is 0 Å². The molecule has 0 aliphatic carbocycles. The van der Waals surface area contributed by atoms with Crippen molar-refractivity contribution < 1.29 is 9.53 Å². The van der Waals surface area contributed by atoms with Crippen LogP contribution in [0.1, 0.15) is 6.42 Å². The Bertz CT molecular complexity index is 186. The summed E-state index contributed by atoms with van der Waals surface area (Å²) in [6.45, 7) is 1.93. The molecule has 15 heavy (non-hydrogen) atoms. The monoisotopic (exact) mass is 217 g/mol. The van der Waals surface area contributed by atoms with E-state index in [1.807, 2.05) is 7.05 Å². The van der Waals surface area contributed by atoms with E-state index in [1.165, 1.54) is 0 Å². The third-order valence-electron chi connectivity index (χ3n) is 2.45. The lowest BCUT2D eigenvalue weighted by Crippen LogP contribution is -2.42. The number of carbonyl (C=O) groups excluding carboxylic acids is 1. The second-order valence-corrected chi connectivity index (χ2v) is 3.86. The fourth-order valence-electron chi connectivity index (χ4n) is 1.22. The lowest BCUT2D eigenvalue weighted by molar-refractivity contribution is -0.129. The van der Waals surface area contributed by atoms with Crippen molar-refractivity contribution >= 4 is 5.91 Å². The second-order valence-electron chi connectivity index (χ2n) is 3.86. The molecule has 5 heteroatoms. The lowest BCUT2D eigenvalue weighted by atomic mass is 10.1. The number of methoxy groups -OCH3 is 1. The summed E-state index contributed by atoms with van der Waals surface area (Å²) in [4.78, 5) is 15.2. The van der Waals surface area contributed by atoms with Crippen LogP contribution in [0.4, 0.5) is 0 Å². The minimum absolute atomic E-state index is 0.0926. The largest absolute Gasteiger partial charge is 0.383 e. The maximum absolute atomic E-state index is 11.5. The van der Waals surface area contributed by atoms with Gasteiger partial charge < -0.3 is 15.4 Å². The van der Waals surface area contributed by atoms with Gasteiger partial charge in [-0.2, -0.15) is 0 Å². The molecular weight excluding hydrogens is 194 g/mol. The zero-order valence-corrected chi connectivity index (χ0v) is 10.2. The minimum atomic E-state index is 0.0926. The highest BCUT2D eigenvalue weighted by molar-refractivity contribution is 5.76. The number of amides is 1. The van der Waals surface area contributed by atoms with E-state index >= 15 is 0 Å². The van der Waals surface area contributed by atoms with Crippen LogP contribution in [-0.4, -0.2) is 69.7 Å². The number of likely N-dealkylation sites (N-methyl/N-ethyl adjacent to an activating group) is 1. The average molecular weight is 217 g/mol. The van der Waals surface area contributed by atoms with E-state index < -0.39 is 0 Å². The van der Waals surface area contributed by atoms with Crippen molar-refractivity contribution in [2.24, 2.45) is 5.73 Å². The van der Waals surface area contributed by atoms with Crippen LogP contribution in [0.2, 0.25) is 0 Å². The Morgan fingerprint density at radius 2 is 2.00 bits per heavy atom. The van der Waals surface area contributed by atoms with Crippen molar-refractivity contribution in [2.75, 3.05) is 47.9 Å².